The number of hydrogen-bond donors (Lipinski definition) is 0. The second-order valence-corrected chi connectivity index (χ2v) is 5.08. The Balaban J connectivity index is 2.44. The van der Waals surface area contributed by atoms with Gasteiger partial charge in [-0.3, -0.25) is 0 Å². The molecule has 2 aromatic rings. The second kappa shape index (κ2) is 7.09. The molecule has 0 heterocycles. The number of rotatable bonds is 4. The average molecular weight is 365 g/mol. The highest BCUT2D eigenvalue weighted by molar-refractivity contribution is 9.10. The van der Waals surface area contributed by atoms with Gasteiger partial charge in [-0.1, -0.05) is 12.1 Å². The van der Waals surface area contributed by atoms with E-state index in [9.17, 15) is 9.59 Å². The van der Waals surface area contributed by atoms with Gasteiger partial charge in [-0.2, -0.15) is 0 Å². The van der Waals surface area contributed by atoms with Crippen LogP contribution in [-0.2, 0) is 9.47 Å². The SMILES string of the molecule is COC(=O)c1ccc(Oc2ccccc2Br)c(C(=O)OC)c1. The molecule has 0 bridgehead atoms. The van der Waals surface area contributed by atoms with E-state index in [2.05, 4.69) is 20.7 Å². The van der Waals surface area contributed by atoms with Gasteiger partial charge in [0.1, 0.15) is 17.1 Å². The van der Waals surface area contributed by atoms with E-state index in [1.165, 1.54) is 32.4 Å². The van der Waals surface area contributed by atoms with Crippen LogP contribution in [0.1, 0.15) is 20.7 Å². The second-order valence-electron chi connectivity index (χ2n) is 4.23. The van der Waals surface area contributed by atoms with Gasteiger partial charge < -0.3 is 14.2 Å². The molecule has 0 spiro atoms. The molecule has 0 aliphatic heterocycles. The smallest absolute Gasteiger partial charge is 0.341 e. The first-order valence-corrected chi connectivity index (χ1v) is 7.09. The van der Waals surface area contributed by atoms with E-state index in [4.69, 9.17) is 9.47 Å². The van der Waals surface area contributed by atoms with Gasteiger partial charge in [0.25, 0.3) is 0 Å². The number of carbonyl (C=O) groups excluding carboxylic acids is 2. The van der Waals surface area contributed by atoms with Crippen molar-refractivity contribution in [2.45, 2.75) is 0 Å². The fourth-order valence-electron chi connectivity index (χ4n) is 1.78. The summed E-state index contributed by atoms with van der Waals surface area (Å²) in [7, 11) is 2.53. The van der Waals surface area contributed by atoms with Crippen molar-refractivity contribution in [2.75, 3.05) is 14.2 Å². The molecule has 0 radical (unpaired) electrons. The van der Waals surface area contributed by atoms with Gasteiger partial charge in [-0.25, -0.2) is 9.59 Å². The number of para-hydroxylation sites is 1. The summed E-state index contributed by atoms with van der Waals surface area (Å²) >= 11 is 3.37. The summed E-state index contributed by atoms with van der Waals surface area (Å²) in [4.78, 5) is 23.5. The summed E-state index contributed by atoms with van der Waals surface area (Å²) < 4.78 is 15.8. The van der Waals surface area contributed by atoms with E-state index in [0.29, 0.717) is 5.75 Å². The molecule has 114 valence electrons. The van der Waals surface area contributed by atoms with Gasteiger partial charge in [0.15, 0.2) is 0 Å². The van der Waals surface area contributed by atoms with Crippen LogP contribution < -0.4 is 4.74 Å². The van der Waals surface area contributed by atoms with Crippen molar-refractivity contribution in [3.63, 3.8) is 0 Å². The van der Waals surface area contributed by atoms with Crippen LogP contribution in [0.2, 0.25) is 0 Å². The molecule has 0 N–H and O–H groups in total. The zero-order valence-corrected chi connectivity index (χ0v) is 13.5. The molecule has 0 fully saturated rings. The van der Waals surface area contributed by atoms with Crippen molar-refractivity contribution in [1.29, 1.82) is 0 Å². The fraction of sp³-hybridized carbons (Fsp3) is 0.125. The molecule has 6 heteroatoms. The maximum absolute atomic E-state index is 11.9. The Hall–Kier alpha value is -2.34. The number of benzene rings is 2. The molecular weight excluding hydrogens is 352 g/mol. The number of ether oxygens (including phenoxy) is 3. The van der Waals surface area contributed by atoms with Crippen molar-refractivity contribution in [2.24, 2.45) is 0 Å². The molecule has 0 saturated carbocycles. The van der Waals surface area contributed by atoms with Crippen molar-refractivity contribution < 1.29 is 23.8 Å². The molecule has 0 aliphatic rings. The maximum atomic E-state index is 11.9. The van der Waals surface area contributed by atoms with E-state index in [0.717, 1.165) is 4.47 Å². The lowest BCUT2D eigenvalue weighted by Gasteiger charge is -2.12. The monoisotopic (exact) mass is 364 g/mol. The van der Waals surface area contributed by atoms with E-state index >= 15 is 0 Å². The zero-order chi connectivity index (χ0) is 16.1. The first kappa shape index (κ1) is 16.0. The molecule has 2 rings (SSSR count). The minimum atomic E-state index is -0.604. The number of hydrogen-bond acceptors (Lipinski definition) is 5. The van der Waals surface area contributed by atoms with E-state index in [1.54, 1.807) is 12.1 Å². The Kier molecular flexibility index (Phi) is 5.16. The zero-order valence-electron chi connectivity index (χ0n) is 12.0. The van der Waals surface area contributed by atoms with Crippen LogP contribution in [0.5, 0.6) is 11.5 Å². The van der Waals surface area contributed by atoms with Crippen LogP contribution in [-0.4, -0.2) is 26.2 Å². The highest BCUT2D eigenvalue weighted by Gasteiger charge is 2.18. The first-order valence-electron chi connectivity index (χ1n) is 6.30. The Morgan fingerprint density at radius 1 is 0.909 bits per heavy atom. The van der Waals surface area contributed by atoms with Gasteiger partial charge in [-0.05, 0) is 46.3 Å². The van der Waals surface area contributed by atoms with Crippen molar-refractivity contribution in [3.8, 4) is 11.5 Å². The van der Waals surface area contributed by atoms with E-state index in [-0.39, 0.29) is 16.9 Å². The topological polar surface area (TPSA) is 61.8 Å². The highest BCUT2D eigenvalue weighted by atomic mass is 79.9. The van der Waals surface area contributed by atoms with Gasteiger partial charge >= 0.3 is 11.9 Å². The van der Waals surface area contributed by atoms with Crippen molar-refractivity contribution in [3.05, 3.63) is 58.1 Å². The summed E-state index contributed by atoms with van der Waals surface area (Å²) in [5, 5.41) is 0. The third-order valence-corrected chi connectivity index (χ3v) is 3.52. The summed E-state index contributed by atoms with van der Waals surface area (Å²) in [6, 6.07) is 11.6. The Morgan fingerprint density at radius 2 is 1.59 bits per heavy atom. The van der Waals surface area contributed by atoms with Crippen LogP contribution in [0.15, 0.2) is 46.9 Å². The van der Waals surface area contributed by atoms with Crippen LogP contribution in [0.25, 0.3) is 0 Å². The van der Waals surface area contributed by atoms with Crippen molar-refractivity contribution in [1.82, 2.24) is 0 Å². The summed E-state index contributed by atoms with van der Waals surface area (Å²) in [6.07, 6.45) is 0. The molecule has 22 heavy (non-hydrogen) atoms. The quantitative estimate of drug-likeness (QED) is 0.771. The molecule has 5 nitrogen and oxygen atoms in total. The van der Waals surface area contributed by atoms with Crippen molar-refractivity contribution >= 4 is 27.9 Å². The highest BCUT2D eigenvalue weighted by Crippen LogP contribution is 2.32. The third-order valence-electron chi connectivity index (χ3n) is 2.86. The molecule has 2 aromatic carbocycles. The number of esters is 2. The predicted octanol–water partition coefficient (Wildman–Crippen LogP) is 3.81. The minimum absolute atomic E-state index is 0.140. The first-order chi connectivity index (χ1) is 10.6. The number of carbonyl (C=O) groups is 2. The average Bonchev–Trinajstić information content (AvgIpc) is 2.55. The predicted molar refractivity (Wildman–Crippen MR) is 83.3 cm³/mol. The molecule has 0 aromatic heterocycles. The van der Waals surface area contributed by atoms with E-state index < -0.39 is 11.9 Å². The number of halogens is 1. The Labute approximate surface area is 135 Å². The Morgan fingerprint density at radius 3 is 2.23 bits per heavy atom. The molecule has 0 saturated heterocycles. The summed E-state index contributed by atoms with van der Waals surface area (Å²) in [6.45, 7) is 0. The summed E-state index contributed by atoms with van der Waals surface area (Å²) in [5.74, 6) is -0.324. The van der Waals surface area contributed by atoms with Gasteiger partial charge in [0.2, 0.25) is 0 Å². The molecule has 0 unspecified atom stereocenters. The number of methoxy groups -OCH3 is 2. The van der Waals surface area contributed by atoms with E-state index in [1.807, 2.05) is 12.1 Å². The van der Waals surface area contributed by atoms with Crippen LogP contribution in [0.4, 0.5) is 0 Å². The minimum Gasteiger partial charge on any atom is -0.465 e. The summed E-state index contributed by atoms with van der Waals surface area (Å²) in [5.41, 5.74) is 0.378. The lowest BCUT2D eigenvalue weighted by atomic mass is 10.1. The van der Waals surface area contributed by atoms with Gasteiger partial charge in [-0.15, -0.1) is 0 Å². The van der Waals surface area contributed by atoms with Gasteiger partial charge in [0, 0.05) is 0 Å². The third kappa shape index (κ3) is 3.46. The standard InChI is InChI=1S/C16H13BrO5/c1-20-15(18)10-7-8-13(11(9-10)16(19)21-2)22-14-6-4-3-5-12(14)17/h3-9H,1-2H3. The largest absolute Gasteiger partial charge is 0.465 e. The molecular formula is C16H13BrO5. The lowest BCUT2D eigenvalue weighted by Crippen LogP contribution is -2.08. The molecule has 0 atom stereocenters. The van der Waals surface area contributed by atoms with Crippen LogP contribution in [0.3, 0.4) is 0 Å². The van der Waals surface area contributed by atoms with Gasteiger partial charge in [0.05, 0.1) is 24.3 Å². The molecule has 0 aliphatic carbocycles. The van der Waals surface area contributed by atoms with Crippen LogP contribution in [0, 0.1) is 0 Å². The lowest BCUT2D eigenvalue weighted by molar-refractivity contribution is 0.0597. The Bertz CT molecular complexity index is 711. The molecule has 0 amide bonds. The maximum Gasteiger partial charge on any atom is 0.341 e. The fourth-order valence-corrected chi connectivity index (χ4v) is 2.14. The van der Waals surface area contributed by atoms with Crippen LogP contribution >= 0.6 is 15.9 Å². The normalized spacial score (nSPS) is 9.95.